The SMILES string of the molecule is Cc1ccc(NC(=O)N[C@@H](Cc2cc(F)cc(F)c2)C(=O)N[C@@H]2C(=O)N3C[C@H](O)C[C@H]3C(=O)N(C)[C@@H](C)C(=O)N[C@@H](C)C(=O)N3CC(C)C[C@H]3C(=O)O[C@H]2C)cc1. The molecule has 5 rings (SSSR count). The third kappa shape index (κ3) is 10.0. The molecule has 3 aliphatic rings. The van der Waals surface area contributed by atoms with Gasteiger partial charge >= 0.3 is 12.0 Å². The molecule has 2 aromatic rings. The van der Waals surface area contributed by atoms with Crippen molar-refractivity contribution in [2.45, 2.75) is 102 Å². The Bertz CT molecular complexity index is 1880. The summed E-state index contributed by atoms with van der Waals surface area (Å²) in [4.78, 5) is 100. The lowest BCUT2D eigenvalue weighted by Crippen LogP contribution is -2.62. The van der Waals surface area contributed by atoms with Gasteiger partial charge in [0, 0.05) is 44.7 Å². The summed E-state index contributed by atoms with van der Waals surface area (Å²) in [7, 11) is 1.34. The molecular formula is C39H49F2N7O9. The maximum absolute atomic E-state index is 14.5. The number of fused-ring (bicyclic) bond motifs is 2. The molecule has 1 unspecified atom stereocenters. The van der Waals surface area contributed by atoms with E-state index in [-0.39, 0.29) is 37.4 Å². The fraction of sp³-hybridized carbons (Fsp3) is 0.513. The van der Waals surface area contributed by atoms with Crippen LogP contribution < -0.4 is 21.3 Å². The van der Waals surface area contributed by atoms with Crippen molar-refractivity contribution in [3.8, 4) is 0 Å². The van der Waals surface area contributed by atoms with E-state index in [1.54, 1.807) is 24.3 Å². The van der Waals surface area contributed by atoms with Gasteiger partial charge in [-0.05, 0) is 69.9 Å². The molecule has 0 spiro atoms. The first kappa shape index (κ1) is 42.5. The molecule has 18 heteroatoms. The number of carbonyl (C=O) groups excluding carboxylic acids is 7. The Morgan fingerprint density at radius 1 is 0.895 bits per heavy atom. The van der Waals surface area contributed by atoms with Crippen LogP contribution in [-0.4, -0.2) is 130 Å². The number of anilines is 1. The molecule has 3 saturated heterocycles. The molecule has 0 bridgehead atoms. The second-order valence-corrected chi connectivity index (χ2v) is 15.2. The van der Waals surface area contributed by atoms with Gasteiger partial charge in [-0.15, -0.1) is 0 Å². The summed E-state index contributed by atoms with van der Waals surface area (Å²) in [6.45, 7) is 7.67. The van der Waals surface area contributed by atoms with Crippen molar-refractivity contribution in [1.29, 1.82) is 0 Å². The monoisotopic (exact) mass is 797 g/mol. The number of esters is 1. The summed E-state index contributed by atoms with van der Waals surface area (Å²) >= 11 is 0. The standard InChI is InChI=1S/C39H49F2N7O9/c1-19-7-9-27(10-8-19)43-39(56)44-29(14-24-12-25(40)15-26(41)13-24)34(51)45-32-23(5)57-38(55)31-11-20(2)17-47(31)35(52)21(3)42-33(50)22(4)46(6)36(53)30-16-28(49)18-48(30)37(32)54/h7-10,12-13,15,20-23,28-32,49H,11,14,16-18H2,1-6H3,(H,42,50)(H,45,51)(H2,43,44,56)/t20?,21-,22-,23-,28+,29-,30-,31-,32-/m0/s1. The number of rotatable bonds is 6. The van der Waals surface area contributed by atoms with Crippen LogP contribution in [0.15, 0.2) is 42.5 Å². The fourth-order valence-electron chi connectivity index (χ4n) is 7.33. The maximum Gasteiger partial charge on any atom is 0.329 e. The minimum atomic E-state index is -1.75. The number of aryl methyl sites for hydroxylation is 1. The molecule has 3 fully saturated rings. The van der Waals surface area contributed by atoms with Crippen molar-refractivity contribution in [3.63, 3.8) is 0 Å². The van der Waals surface area contributed by atoms with Crippen LogP contribution in [0.4, 0.5) is 19.3 Å². The van der Waals surface area contributed by atoms with E-state index in [0.29, 0.717) is 11.8 Å². The topological polar surface area (TPSA) is 207 Å². The van der Waals surface area contributed by atoms with Crippen molar-refractivity contribution < 1.29 is 52.2 Å². The molecule has 3 heterocycles. The molecule has 7 amide bonds. The van der Waals surface area contributed by atoms with Crippen molar-refractivity contribution in [2.24, 2.45) is 5.92 Å². The number of carbonyl (C=O) groups is 7. The van der Waals surface area contributed by atoms with Crippen LogP contribution in [-0.2, 0) is 39.9 Å². The summed E-state index contributed by atoms with van der Waals surface area (Å²) in [5, 5.41) is 20.9. The smallest absolute Gasteiger partial charge is 0.329 e. The molecule has 5 N–H and O–H groups in total. The lowest BCUT2D eigenvalue weighted by atomic mass is 10.0. The number of cyclic esters (lactones) is 1. The number of hydrogen-bond donors (Lipinski definition) is 5. The molecule has 3 aliphatic heterocycles. The van der Waals surface area contributed by atoms with Gasteiger partial charge in [-0.1, -0.05) is 24.6 Å². The minimum Gasteiger partial charge on any atom is -0.458 e. The number of aliphatic hydroxyl groups excluding tert-OH is 1. The number of halogens is 2. The van der Waals surface area contributed by atoms with Crippen LogP contribution in [0.1, 0.15) is 51.7 Å². The minimum absolute atomic E-state index is 0.0176. The predicted molar refractivity (Wildman–Crippen MR) is 200 cm³/mol. The largest absolute Gasteiger partial charge is 0.458 e. The summed E-state index contributed by atoms with van der Waals surface area (Å²) in [5.41, 5.74) is 1.26. The van der Waals surface area contributed by atoms with Crippen molar-refractivity contribution >= 4 is 47.2 Å². The van der Waals surface area contributed by atoms with E-state index in [1.807, 2.05) is 13.8 Å². The number of urea groups is 1. The summed E-state index contributed by atoms with van der Waals surface area (Å²) in [6.07, 6.45) is -3.14. The predicted octanol–water partition coefficient (Wildman–Crippen LogP) is 0.987. The Balaban J connectivity index is 1.51. The van der Waals surface area contributed by atoms with E-state index < -0.39 is 108 Å². The fourth-order valence-corrected chi connectivity index (χ4v) is 7.33. The zero-order valence-electron chi connectivity index (χ0n) is 32.6. The van der Waals surface area contributed by atoms with E-state index in [0.717, 1.165) is 27.5 Å². The number of benzene rings is 2. The quantitative estimate of drug-likeness (QED) is 0.264. The van der Waals surface area contributed by atoms with Gasteiger partial charge in [-0.25, -0.2) is 18.4 Å². The van der Waals surface area contributed by atoms with E-state index in [4.69, 9.17) is 4.74 Å². The van der Waals surface area contributed by atoms with Crippen molar-refractivity contribution in [3.05, 3.63) is 65.2 Å². The number of nitrogens with one attached hydrogen (secondary N) is 4. The molecule has 2 aromatic carbocycles. The van der Waals surface area contributed by atoms with Gasteiger partial charge < -0.3 is 45.8 Å². The molecule has 0 aliphatic carbocycles. The lowest BCUT2D eigenvalue weighted by molar-refractivity contribution is -0.162. The zero-order chi connectivity index (χ0) is 41.9. The first-order valence-corrected chi connectivity index (χ1v) is 18.8. The molecule has 0 saturated carbocycles. The Kier molecular flexibility index (Phi) is 13.2. The van der Waals surface area contributed by atoms with Gasteiger partial charge in [0.1, 0.15) is 54.0 Å². The van der Waals surface area contributed by atoms with Crippen LogP contribution in [0.3, 0.4) is 0 Å². The number of hydrogen-bond acceptors (Lipinski definition) is 9. The number of nitrogens with zero attached hydrogens (tertiary/aromatic N) is 3. The molecule has 0 radical (unpaired) electrons. The first-order valence-electron chi connectivity index (χ1n) is 18.8. The highest BCUT2D eigenvalue weighted by Gasteiger charge is 2.47. The average molecular weight is 798 g/mol. The van der Waals surface area contributed by atoms with Crippen molar-refractivity contribution in [1.82, 2.24) is 30.7 Å². The van der Waals surface area contributed by atoms with Gasteiger partial charge in [0.05, 0.1) is 6.10 Å². The van der Waals surface area contributed by atoms with Gasteiger partial charge in [0.2, 0.25) is 29.5 Å². The summed E-state index contributed by atoms with van der Waals surface area (Å²) in [5.74, 6) is -6.88. The molecule has 57 heavy (non-hydrogen) atoms. The lowest BCUT2D eigenvalue weighted by Gasteiger charge is -2.36. The second kappa shape index (κ2) is 17.7. The summed E-state index contributed by atoms with van der Waals surface area (Å²) < 4.78 is 34.4. The van der Waals surface area contributed by atoms with Gasteiger partial charge in [-0.3, -0.25) is 24.0 Å². The molecular weight excluding hydrogens is 748 g/mol. The van der Waals surface area contributed by atoms with Gasteiger partial charge in [0.25, 0.3) is 0 Å². The number of amides is 7. The Morgan fingerprint density at radius 2 is 1.53 bits per heavy atom. The highest BCUT2D eigenvalue weighted by molar-refractivity contribution is 5.98. The van der Waals surface area contributed by atoms with E-state index in [2.05, 4.69) is 21.3 Å². The van der Waals surface area contributed by atoms with Crippen molar-refractivity contribution in [2.75, 3.05) is 25.5 Å². The zero-order valence-corrected chi connectivity index (χ0v) is 32.6. The molecule has 9 atom stereocenters. The average Bonchev–Trinajstić information content (AvgIpc) is 3.74. The maximum atomic E-state index is 14.5. The Hall–Kier alpha value is -5.65. The normalized spacial score (nSPS) is 27.9. The van der Waals surface area contributed by atoms with Crippen LogP contribution >= 0.6 is 0 Å². The highest BCUT2D eigenvalue weighted by Crippen LogP contribution is 2.27. The molecule has 308 valence electrons. The van der Waals surface area contributed by atoms with Gasteiger partial charge in [-0.2, -0.15) is 0 Å². The second-order valence-electron chi connectivity index (χ2n) is 15.2. The first-order chi connectivity index (χ1) is 26.8. The third-order valence-corrected chi connectivity index (χ3v) is 10.6. The number of aliphatic hydroxyl groups is 1. The molecule has 0 aromatic heterocycles. The summed E-state index contributed by atoms with van der Waals surface area (Å²) in [6, 6.07) is 0.436. The Morgan fingerprint density at radius 3 is 2.18 bits per heavy atom. The van der Waals surface area contributed by atoms with Crippen LogP contribution in [0.2, 0.25) is 0 Å². The highest BCUT2D eigenvalue weighted by atomic mass is 19.1. The Labute approximate surface area is 328 Å². The van der Waals surface area contributed by atoms with E-state index in [9.17, 15) is 47.4 Å². The van der Waals surface area contributed by atoms with Crippen LogP contribution in [0, 0.1) is 24.5 Å². The van der Waals surface area contributed by atoms with E-state index >= 15 is 0 Å². The third-order valence-electron chi connectivity index (χ3n) is 10.6. The number of likely N-dealkylation sites (N-methyl/N-ethyl adjacent to an activating group) is 1. The number of ether oxygens (including phenoxy) is 1. The van der Waals surface area contributed by atoms with Gasteiger partial charge in [0.15, 0.2) is 0 Å². The molecule has 16 nitrogen and oxygen atoms in total. The van der Waals surface area contributed by atoms with Crippen LogP contribution in [0.25, 0.3) is 0 Å². The van der Waals surface area contributed by atoms with E-state index in [1.165, 1.54) is 32.7 Å². The van der Waals surface area contributed by atoms with Crippen LogP contribution in [0.5, 0.6) is 0 Å².